The molecule has 0 aromatic carbocycles. The van der Waals surface area contributed by atoms with Crippen molar-refractivity contribution in [3.63, 3.8) is 0 Å². The zero-order valence-electron chi connectivity index (χ0n) is 20.9. The van der Waals surface area contributed by atoms with E-state index >= 15 is 0 Å². The van der Waals surface area contributed by atoms with Crippen molar-refractivity contribution in [2.75, 3.05) is 0 Å². The van der Waals surface area contributed by atoms with E-state index in [-0.39, 0.29) is 6.10 Å². The molecule has 4 aliphatic rings. The van der Waals surface area contributed by atoms with Crippen LogP contribution in [0.3, 0.4) is 0 Å². The number of rotatable bonds is 6. The first kappa shape index (κ1) is 22.9. The molecule has 0 aromatic heterocycles. The lowest BCUT2D eigenvalue weighted by molar-refractivity contribution is -0.0409. The number of hydrogen-bond acceptors (Lipinski definition) is 1. The highest BCUT2D eigenvalue weighted by Crippen LogP contribution is 2.64. The van der Waals surface area contributed by atoms with Crippen molar-refractivity contribution in [3.05, 3.63) is 11.6 Å². The highest BCUT2D eigenvalue weighted by atomic mass is 16.3. The zero-order chi connectivity index (χ0) is 21.6. The van der Waals surface area contributed by atoms with E-state index in [1.165, 1.54) is 51.4 Å². The van der Waals surface area contributed by atoms with Crippen LogP contribution in [0.25, 0.3) is 0 Å². The summed E-state index contributed by atoms with van der Waals surface area (Å²) in [6.07, 6.45) is 15.7. The van der Waals surface area contributed by atoms with Crippen molar-refractivity contribution in [1.29, 1.82) is 0 Å². The van der Waals surface area contributed by atoms with E-state index in [4.69, 9.17) is 0 Å². The predicted octanol–water partition coefficient (Wildman–Crippen LogP) is 7.88. The van der Waals surface area contributed by atoms with Crippen LogP contribution in [0.1, 0.15) is 106 Å². The SMILES string of the molecule is CC[C@H](CC[C@@H](C)[C@H]1CC[C@H]2[C@@H]3CC=C4C[C@@H](O)CC[C@]4(C)[C@H]3C[C@@H](C)[C@@H]21)C(C)C. The third kappa shape index (κ3) is 3.95. The summed E-state index contributed by atoms with van der Waals surface area (Å²) < 4.78 is 0. The minimum Gasteiger partial charge on any atom is -0.393 e. The molecule has 0 radical (unpaired) electrons. The summed E-state index contributed by atoms with van der Waals surface area (Å²) in [5, 5.41) is 10.3. The minimum atomic E-state index is -0.0795. The van der Waals surface area contributed by atoms with E-state index < -0.39 is 0 Å². The molecule has 30 heavy (non-hydrogen) atoms. The first-order valence-electron chi connectivity index (χ1n) is 13.6. The lowest BCUT2D eigenvalue weighted by Crippen LogP contribution is -2.50. The summed E-state index contributed by atoms with van der Waals surface area (Å²) in [6, 6.07) is 0. The highest BCUT2D eigenvalue weighted by Gasteiger charge is 2.56. The standard InChI is InChI=1S/C29H50O/c1-7-21(18(2)3)9-8-19(4)24-12-13-26-25-11-10-22-17-23(30)14-15-29(22,6)27(25)16-20(5)28(24)26/h10,18-21,23-28,30H,7-9,11-17H2,1-6H3/t19-,20-,21-,23+,24-,25+,26+,27+,28-,29+/m1/s1. The van der Waals surface area contributed by atoms with Gasteiger partial charge in [-0.1, -0.05) is 66.0 Å². The molecule has 1 heteroatoms. The van der Waals surface area contributed by atoms with Crippen molar-refractivity contribution in [2.45, 2.75) is 112 Å². The van der Waals surface area contributed by atoms with Crippen LogP contribution in [0.4, 0.5) is 0 Å². The lowest BCUT2D eigenvalue weighted by Gasteiger charge is -2.57. The maximum Gasteiger partial charge on any atom is 0.0577 e. The summed E-state index contributed by atoms with van der Waals surface area (Å²) in [5.74, 6) is 8.28. The average Bonchev–Trinajstić information content (AvgIpc) is 3.15. The second-order valence-electron chi connectivity index (χ2n) is 12.7. The molecular formula is C29H50O. The van der Waals surface area contributed by atoms with Crippen LogP contribution in [-0.4, -0.2) is 11.2 Å². The minimum absolute atomic E-state index is 0.0795. The predicted molar refractivity (Wildman–Crippen MR) is 128 cm³/mol. The zero-order valence-corrected chi connectivity index (χ0v) is 20.9. The fourth-order valence-electron chi connectivity index (χ4n) is 9.13. The van der Waals surface area contributed by atoms with Gasteiger partial charge in [0.25, 0.3) is 0 Å². The second kappa shape index (κ2) is 8.92. The van der Waals surface area contributed by atoms with Crippen LogP contribution in [0.15, 0.2) is 11.6 Å². The molecule has 1 N–H and O–H groups in total. The number of aliphatic hydroxyl groups is 1. The molecule has 10 atom stereocenters. The molecule has 0 saturated heterocycles. The summed E-state index contributed by atoms with van der Waals surface area (Å²) in [5.41, 5.74) is 2.01. The summed E-state index contributed by atoms with van der Waals surface area (Å²) >= 11 is 0. The van der Waals surface area contributed by atoms with E-state index in [1.807, 2.05) is 0 Å². The fraction of sp³-hybridized carbons (Fsp3) is 0.931. The number of hydrogen-bond donors (Lipinski definition) is 1. The number of aliphatic hydroxyl groups excluding tert-OH is 1. The molecule has 0 heterocycles. The van der Waals surface area contributed by atoms with Crippen LogP contribution in [0.5, 0.6) is 0 Å². The molecule has 4 rings (SSSR count). The van der Waals surface area contributed by atoms with Crippen molar-refractivity contribution in [1.82, 2.24) is 0 Å². The summed E-state index contributed by atoms with van der Waals surface area (Å²) in [6.45, 7) is 15.0. The molecule has 3 saturated carbocycles. The molecular weight excluding hydrogens is 364 g/mol. The van der Waals surface area contributed by atoms with Crippen LogP contribution in [0, 0.1) is 58.7 Å². The van der Waals surface area contributed by atoms with E-state index in [9.17, 15) is 5.11 Å². The second-order valence-corrected chi connectivity index (χ2v) is 12.7. The Balaban J connectivity index is 1.47. The maximum absolute atomic E-state index is 10.3. The Morgan fingerprint density at radius 1 is 1.10 bits per heavy atom. The summed E-state index contributed by atoms with van der Waals surface area (Å²) in [4.78, 5) is 0. The Bertz CT molecular complexity index is 620. The molecule has 0 aromatic rings. The van der Waals surface area contributed by atoms with Crippen molar-refractivity contribution < 1.29 is 5.11 Å². The molecule has 0 aliphatic heterocycles. The normalized spacial score (nSPS) is 45.3. The Kier molecular flexibility index (Phi) is 6.80. The van der Waals surface area contributed by atoms with Gasteiger partial charge in [-0.25, -0.2) is 0 Å². The molecule has 0 spiro atoms. The lowest BCUT2D eigenvalue weighted by atomic mass is 9.48. The van der Waals surface area contributed by atoms with Gasteiger partial charge >= 0.3 is 0 Å². The molecule has 0 amide bonds. The van der Waals surface area contributed by atoms with Gasteiger partial charge in [-0.15, -0.1) is 0 Å². The summed E-state index contributed by atoms with van der Waals surface area (Å²) in [7, 11) is 0. The van der Waals surface area contributed by atoms with E-state index in [0.29, 0.717) is 5.41 Å². The van der Waals surface area contributed by atoms with E-state index in [1.54, 1.807) is 5.57 Å². The largest absolute Gasteiger partial charge is 0.393 e. The van der Waals surface area contributed by atoms with Gasteiger partial charge in [-0.05, 0) is 110 Å². The van der Waals surface area contributed by atoms with Gasteiger partial charge in [0.2, 0.25) is 0 Å². The van der Waals surface area contributed by atoms with Crippen LogP contribution in [0.2, 0.25) is 0 Å². The van der Waals surface area contributed by atoms with Gasteiger partial charge in [0.05, 0.1) is 6.10 Å². The van der Waals surface area contributed by atoms with Crippen LogP contribution < -0.4 is 0 Å². The van der Waals surface area contributed by atoms with E-state index in [2.05, 4.69) is 47.6 Å². The Morgan fingerprint density at radius 2 is 1.87 bits per heavy atom. The van der Waals surface area contributed by atoms with Gasteiger partial charge in [-0.3, -0.25) is 0 Å². The molecule has 172 valence electrons. The van der Waals surface area contributed by atoms with Crippen molar-refractivity contribution in [2.24, 2.45) is 58.7 Å². The first-order chi connectivity index (χ1) is 14.3. The molecule has 4 aliphatic carbocycles. The third-order valence-corrected chi connectivity index (χ3v) is 11.0. The average molecular weight is 415 g/mol. The van der Waals surface area contributed by atoms with Crippen molar-refractivity contribution >= 4 is 0 Å². The highest BCUT2D eigenvalue weighted by molar-refractivity contribution is 5.25. The monoisotopic (exact) mass is 414 g/mol. The smallest absolute Gasteiger partial charge is 0.0577 e. The van der Waals surface area contributed by atoms with Gasteiger partial charge < -0.3 is 5.11 Å². The number of fused-ring (bicyclic) bond motifs is 5. The van der Waals surface area contributed by atoms with Gasteiger partial charge in [0, 0.05) is 0 Å². The molecule has 1 nitrogen and oxygen atoms in total. The van der Waals surface area contributed by atoms with Crippen molar-refractivity contribution in [3.8, 4) is 0 Å². The topological polar surface area (TPSA) is 20.2 Å². The maximum atomic E-state index is 10.3. The third-order valence-electron chi connectivity index (χ3n) is 11.0. The fourth-order valence-corrected chi connectivity index (χ4v) is 9.13. The molecule has 0 unspecified atom stereocenters. The Labute approximate surface area is 187 Å². The first-order valence-corrected chi connectivity index (χ1v) is 13.6. The Morgan fingerprint density at radius 3 is 2.57 bits per heavy atom. The number of allylic oxidation sites excluding steroid dienone is 1. The van der Waals surface area contributed by atoms with Gasteiger partial charge in [0.1, 0.15) is 0 Å². The van der Waals surface area contributed by atoms with Gasteiger partial charge in [0.15, 0.2) is 0 Å². The van der Waals surface area contributed by atoms with Crippen LogP contribution >= 0.6 is 0 Å². The van der Waals surface area contributed by atoms with Crippen LogP contribution in [-0.2, 0) is 0 Å². The quantitative estimate of drug-likeness (QED) is 0.438. The van der Waals surface area contributed by atoms with E-state index in [0.717, 1.165) is 66.1 Å². The molecule has 0 bridgehead atoms. The Hall–Kier alpha value is -0.300. The molecule has 3 fully saturated rings. The van der Waals surface area contributed by atoms with Gasteiger partial charge in [-0.2, -0.15) is 0 Å².